The Morgan fingerprint density at radius 1 is 1.20 bits per heavy atom. The molecule has 2 aromatic rings. The fourth-order valence-electron chi connectivity index (χ4n) is 2.25. The van der Waals surface area contributed by atoms with Crippen LogP contribution in [0, 0.1) is 6.92 Å². The average molecular weight is 268 g/mol. The van der Waals surface area contributed by atoms with E-state index in [9.17, 15) is 4.79 Å². The van der Waals surface area contributed by atoms with E-state index in [1.165, 1.54) is 0 Å². The van der Waals surface area contributed by atoms with Crippen molar-refractivity contribution in [2.24, 2.45) is 0 Å². The van der Waals surface area contributed by atoms with E-state index < -0.39 is 0 Å². The smallest absolute Gasteiger partial charge is 0.231 e. The Kier molecular flexibility index (Phi) is 4.41. The lowest BCUT2D eigenvalue weighted by atomic mass is 9.95. The summed E-state index contributed by atoms with van der Waals surface area (Å²) in [5.41, 5.74) is 9.25. The molecule has 0 spiro atoms. The lowest BCUT2D eigenvalue weighted by Crippen LogP contribution is -2.21. The summed E-state index contributed by atoms with van der Waals surface area (Å²) in [6, 6.07) is 15.4. The highest BCUT2D eigenvalue weighted by Crippen LogP contribution is 2.24. The molecule has 0 aliphatic carbocycles. The van der Waals surface area contributed by atoms with E-state index in [1.54, 1.807) is 6.07 Å². The van der Waals surface area contributed by atoms with Crippen molar-refractivity contribution < 1.29 is 4.79 Å². The third-order valence-electron chi connectivity index (χ3n) is 3.45. The summed E-state index contributed by atoms with van der Waals surface area (Å²) in [5.74, 6) is -0.135. The van der Waals surface area contributed by atoms with Crippen LogP contribution in [0.25, 0.3) is 0 Å². The molecule has 104 valence electrons. The second-order valence-electron chi connectivity index (χ2n) is 4.94. The second-order valence-corrected chi connectivity index (χ2v) is 4.94. The number of benzene rings is 2. The Morgan fingerprint density at radius 2 is 1.90 bits per heavy atom. The van der Waals surface area contributed by atoms with Crippen molar-refractivity contribution in [1.29, 1.82) is 0 Å². The number of carbonyl (C=O) groups is 1. The number of carbonyl (C=O) groups excluding carboxylic acids is 1. The van der Waals surface area contributed by atoms with Gasteiger partial charge in [0.25, 0.3) is 0 Å². The lowest BCUT2D eigenvalue weighted by molar-refractivity contribution is -0.117. The molecule has 0 radical (unpaired) electrons. The van der Waals surface area contributed by atoms with Gasteiger partial charge < -0.3 is 11.1 Å². The van der Waals surface area contributed by atoms with Gasteiger partial charge in [-0.15, -0.1) is 0 Å². The first kappa shape index (κ1) is 14.1. The normalized spacial score (nSPS) is 11.9. The molecule has 3 nitrogen and oxygen atoms in total. The first-order chi connectivity index (χ1) is 9.61. The minimum Gasteiger partial charge on any atom is -0.399 e. The highest BCUT2D eigenvalue weighted by atomic mass is 16.1. The van der Waals surface area contributed by atoms with Crippen LogP contribution in [0.4, 0.5) is 11.4 Å². The van der Waals surface area contributed by atoms with Crippen molar-refractivity contribution in [1.82, 2.24) is 0 Å². The van der Waals surface area contributed by atoms with Gasteiger partial charge in [-0.2, -0.15) is 0 Å². The van der Waals surface area contributed by atoms with E-state index in [0.717, 1.165) is 23.2 Å². The first-order valence-electron chi connectivity index (χ1n) is 6.83. The molecular formula is C17H20N2O. The number of rotatable bonds is 4. The molecule has 1 unspecified atom stereocenters. The molecule has 0 aliphatic rings. The summed E-state index contributed by atoms with van der Waals surface area (Å²) >= 11 is 0. The van der Waals surface area contributed by atoms with Crippen LogP contribution in [-0.4, -0.2) is 5.91 Å². The molecule has 1 amide bonds. The van der Waals surface area contributed by atoms with Gasteiger partial charge in [0.05, 0.1) is 5.92 Å². The van der Waals surface area contributed by atoms with Gasteiger partial charge >= 0.3 is 0 Å². The predicted molar refractivity (Wildman–Crippen MR) is 83.7 cm³/mol. The first-order valence-corrected chi connectivity index (χ1v) is 6.83. The summed E-state index contributed by atoms with van der Waals surface area (Å²) < 4.78 is 0. The van der Waals surface area contributed by atoms with Crippen LogP contribution in [0.3, 0.4) is 0 Å². The standard InChI is InChI=1S/C17H20N2O/c1-3-15(13-7-5-4-6-8-13)17(20)19-16-11-14(18)10-9-12(16)2/h4-11,15H,3,18H2,1-2H3,(H,19,20). The maximum atomic E-state index is 12.5. The van der Waals surface area contributed by atoms with Gasteiger partial charge in [0, 0.05) is 11.4 Å². The molecule has 0 fully saturated rings. The van der Waals surface area contributed by atoms with E-state index in [4.69, 9.17) is 5.73 Å². The van der Waals surface area contributed by atoms with Crippen molar-refractivity contribution in [3.8, 4) is 0 Å². The van der Waals surface area contributed by atoms with Crippen LogP contribution < -0.4 is 11.1 Å². The van der Waals surface area contributed by atoms with Gasteiger partial charge in [0.2, 0.25) is 5.91 Å². The minimum absolute atomic E-state index is 0.00685. The molecule has 2 aromatic carbocycles. The molecular weight excluding hydrogens is 248 g/mol. The van der Waals surface area contributed by atoms with Crippen molar-refractivity contribution in [3.63, 3.8) is 0 Å². The molecule has 0 aliphatic heterocycles. The highest BCUT2D eigenvalue weighted by molar-refractivity contribution is 5.96. The monoisotopic (exact) mass is 268 g/mol. The fraction of sp³-hybridized carbons (Fsp3) is 0.235. The van der Waals surface area contributed by atoms with E-state index in [0.29, 0.717) is 5.69 Å². The van der Waals surface area contributed by atoms with E-state index >= 15 is 0 Å². The van der Waals surface area contributed by atoms with Crippen molar-refractivity contribution in [3.05, 3.63) is 59.7 Å². The zero-order valence-electron chi connectivity index (χ0n) is 11.9. The number of hydrogen-bond donors (Lipinski definition) is 2. The van der Waals surface area contributed by atoms with E-state index in [1.807, 2.05) is 56.3 Å². The Labute approximate surface area is 119 Å². The summed E-state index contributed by atoms with van der Waals surface area (Å²) in [7, 11) is 0. The van der Waals surface area contributed by atoms with Crippen molar-refractivity contribution >= 4 is 17.3 Å². The Hall–Kier alpha value is -2.29. The molecule has 1 atom stereocenters. The topological polar surface area (TPSA) is 55.1 Å². The van der Waals surface area contributed by atoms with E-state index in [2.05, 4.69) is 5.32 Å². The largest absolute Gasteiger partial charge is 0.399 e. The maximum absolute atomic E-state index is 12.5. The number of nitrogens with two attached hydrogens (primary N) is 1. The quantitative estimate of drug-likeness (QED) is 0.830. The average Bonchev–Trinajstić information content (AvgIpc) is 2.45. The Morgan fingerprint density at radius 3 is 2.55 bits per heavy atom. The SMILES string of the molecule is CCC(C(=O)Nc1cc(N)ccc1C)c1ccccc1. The third kappa shape index (κ3) is 3.18. The highest BCUT2D eigenvalue weighted by Gasteiger charge is 2.19. The zero-order valence-corrected chi connectivity index (χ0v) is 11.9. The van der Waals surface area contributed by atoms with Crippen LogP contribution in [0.2, 0.25) is 0 Å². The van der Waals surface area contributed by atoms with Crippen LogP contribution >= 0.6 is 0 Å². The second kappa shape index (κ2) is 6.24. The summed E-state index contributed by atoms with van der Waals surface area (Å²) in [4.78, 5) is 12.5. The molecule has 3 N–H and O–H groups in total. The molecule has 3 heteroatoms. The molecule has 0 bridgehead atoms. The lowest BCUT2D eigenvalue weighted by Gasteiger charge is -2.16. The molecule has 0 heterocycles. The van der Waals surface area contributed by atoms with E-state index in [-0.39, 0.29) is 11.8 Å². The van der Waals surface area contributed by atoms with Crippen LogP contribution in [0.1, 0.15) is 30.4 Å². The zero-order chi connectivity index (χ0) is 14.5. The summed E-state index contributed by atoms with van der Waals surface area (Å²) in [5, 5.41) is 2.98. The summed E-state index contributed by atoms with van der Waals surface area (Å²) in [6.45, 7) is 3.97. The van der Waals surface area contributed by atoms with Crippen LogP contribution in [-0.2, 0) is 4.79 Å². The number of hydrogen-bond acceptors (Lipinski definition) is 2. The molecule has 0 aromatic heterocycles. The van der Waals surface area contributed by atoms with Gasteiger partial charge in [-0.3, -0.25) is 4.79 Å². The molecule has 20 heavy (non-hydrogen) atoms. The number of amides is 1. The summed E-state index contributed by atoms with van der Waals surface area (Å²) in [6.07, 6.45) is 0.761. The Balaban J connectivity index is 2.20. The van der Waals surface area contributed by atoms with Crippen LogP contribution in [0.5, 0.6) is 0 Å². The van der Waals surface area contributed by atoms with Gasteiger partial charge in [-0.1, -0.05) is 43.3 Å². The third-order valence-corrected chi connectivity index (χ3v) is 3.45. The maximum Gasteiger partial charge on any atom is 0.231 e. The molecule has 2 rings (SSSR count). The number of nitrogen functional groups attached to an aromatic ring is 1. The number of anilines is 2. The fourth-order valence-corrected chi connectivity index (χ4v) is 2.25. The van der Waals surface area contributed by atoms with Gasteiger partial charge in [-0.05, 0) is 36.6 Å². The number of nitrogens with one attached hydrogen (secondary N) is 1. The molecule has 0 saturated carbocycles. The van der Waals surface area contributed by atoms with Gasteiger partial charge in [0.15, 0.2) is 0 Å². The minimum atomic E-state index is -0.142. The molecule has 0 saturated heterocycles. The van der Waals surface area contributed by atoms with Crippen molar-refractivity contribution in [2.75, 3.05) is 11.1 Å². The number of aryl methyl sites for hydroxylation is 1. The van der Waals surface area contributed by atoms with Gasteiger partial charge in [-0.25, -0.2) is 0 Å². The van der Waals surface area contributed by atoms with Crippen molar-refractivity contribution in [2.45, 2.75) is 26.2 Å². The van der Waals surface area contributed by atoms with Gasteiger partial charge in [0.1, 0.15) is 0 Å². The Bertz CT molecular complexity index is 593. The predicted octanol–water partition coefficient (Wildman–Crippen LogP) is 3.71. The van der Waals surface area contributed by atoms with Crippen LogP contribution in [0.15, 0.2) is 48.5 Å².